The predicted molar refractivity (Wildman–Crippen MR) is 121 cm³/mol. The van der Waals surface area contributed by atoms with Crippen molar-refractivity contribution in [3.05, 3.63) is 12.7 Å². The Morgan fingerprint density at radius 3 is 2.75 bits per heavy atom. The number of nitrogens with zero attached hydrogens (tertiary/aromatic N) is 4. The molecule has 16 nitrogen and oxygen atoms in total. The maximum atomic E-state index is 12.2. The molecule has 0 aliphatic carbocycles. The number of carbonyl (C=O) groups is 2. The number of carbonyl (C=O) groups excluding carboxylic acids is 2. The number of nitrogen functional groups attached to an aromatic ring is 1. The molecule has 0 bridgehead atoms. The van der Waals surface area contributed by atoms with Gasteiger partial charge in [0.05, 0.1) is 20.0 Å². The molecular weight excluding hydrogens is 501 g/mol. The molecule has 17 heteroatoms. The van der Waals surface area contributed by atoms with Crippen molar-refractivity contribution < 1.29 is 43.3 Å². The van der Waals surface area contributed by atoms with E-state index in [1.807, 2.05) is 0 Å². The molecule has 1 unspecified atom stereocenters. The lowest BCUT2D eigenvalue weighted by atomic mass is 10.1. The molecule has 1 fully saturated rings. The summed E-state index contributed by atoms with van der Waals surface area (Å²) < 4.78 is 28.8. The summed E-state index contributed by atoms with van der Waals surface area (Å²) in [5.74, 6) is -0.851. The Balaban J connectivity index is 1.47. The number of methoxy groups -OCH3 is 1. The van der Waals surface area contributed by atoms with Crippen molar-refractivity contribution >= 4 is 36.6 Å². The number of aliphatic hydroxyl groups is 2. The van der Waals surface area contributed by atoms with Gasteiger partial charge >= 0.3 is 5.97 Å². The minimum absolute atomic E-state index is 0.0101. The van der Waals surface area contributed by atoms with Crippen LogP contribution in [0.25, 0.3) is 11.2 Å². The quantitative estimate of drug-likeness (QED) is 0.113. The van der Waals surface area contributed by atoms with Crippen LogP contribution in [0.4, 0.5) is 5.82 Å². The number of hydrogen-bond donors (Lipinski definition) is 5. The Labute approximate surface area is 205 Å². The van der Waals surface area contributed by atoms with Crippen LogP contribution in [0.1, 0.15) is 32.4 Å². The van der Waals surface area contributed by atoms with Gasteiger partial charge in [-0.2, -0.15) is 0 Å². The molecule has 0 aromatic carbocycles. The monoisotopic (exact) mass is 530 g/mol. The second-order valence-corrected chi connectivity index (χ2v) is 9.67. The number of rotatable bonds is 12. The topological polar surface area (TPSA) is 236 Å². The lowest BCUT2D eigenvalue weighted by Crippen LogP contribution is -2.40. The third-order valence-electron chi connectivity index (χ3n) is 5.50. The Kier molecular flexibility index (Phi) is 9.30. The number of hydrogen-bond acceptors (Lipinski definition) is 13. The molecule has 2 aromatic rings. The van der Waals surface area contributed by atoms with Crippen LogP contribution in [0, 0.1) is 0 Å². The summed E-state index contributed by atoms with van der Waals surface area (Å²) >= 11 is 0. The summed E-state index contributed by atoms with van der Waals surface area (Å²) in [6.07, 6.45) is -1.59. The van der Waals surface area contributed by atoms with E-state index in [9.17, 15) is 29.3 Å². The zero-order valence-corrected chi connectivity index (χ0v) is 20.5. The number of amides is 1. The summed E-state index contributed by atoms with van der Waals surface area (Å²) in [6, 6.07) is -0.821. The fourth-order valence-electron chi connectivity index (χ4n) is 3.70. The van der Waals surface area contributed by atoms with Crippen LogP contribution in [0.15, 0.2) is 12.7 Å². The van der Waals surface area contributed by atoms with E-state index < -0.39 is 50.9 Å². The van der Waals surface area contributed by atoms with E-state index >= 15 is 0 Å². The molecule has 1 saturated heterocycles. The van der Waals surface area contributed by atoms with Crippen LogP contribution < -0.4 is 21.0 Å². The highest BCUT2D eigenvalue weighted by Crippen LogP contribution is 2.36. The summed E-state index contributed by atoms with van der Waals surface area (Å²) in [4.78, 5) is 47.0. The van der Waals surface area contributed by atoms with Crippen molar-refractivity contribution in [1.82, 2.24) is 29.9 Å². The van der Waals surface area contributed by atoms with E-state index in [0.717, 1.165) is 0 Å². The second-order valence-electron chi connectivity index (χ2n) is 8.10. The minimum Gasteiger partial charge on any atom is -0.766 e. The number of nitrogens with two attached hydrogens (primary N) is 1. The average molecular weight is 530 g/mol. The first-order valence-electron chi connectivity index (χ1n) is 11.0. The van der Waals surface area contributed by atoms with Gasteiger partial charge in [0.15, 0.2) is 17.7 Å². The van der Waals surface area contributed by atoms with Gasteiger partial charge in [0.2, 0.25) is 13.7 Å². The Morgan fingerprint density at radius 2 is 2.06 bits per heavy atom. The van der Waals surface area contributed by atoms with E-state index in [1.54, 1.807) is 0 Å². The maximum absolute atomic E-state index is 12.2. The van der Waals surface area contributed by atoms with Crippen molar-refractivity contribution in [1.29, 1.82) is 0 Å². The Bertz CT molecular complexity index is 1120. The molecule has 6 atom stereocenters. The fourth-order valence-corrected chi connectivity index (χ4v) is 4.56. The standard InChI is InChI=1S/C19H30N7O9P/c1-10(27)25-11(19(30)33-2)5-3-4-6-24-36(31,32)34-7-12-14(28)15(29)18(35-12)26-9-23-13-16(20)21-8-22-17(13)26/h8-9,11-12,14-15,18,28-29H,3-7H2,1-2H3,(H,25,27)(H2,20,21,22)(H2,24,31,32)/p-1/t11-,12+,14+,15+,18+/m0/s1. The van der Waals surface area contributed by atoms with Crippen LogP contribution in [-0.4, -0.2) is 86.2 Å². The number of anilines is 1. The zero-order chi connectivity index (χ0) is 26.5. The normalized spacial score (nSPS) is 24.4. The van der Waals surface area contributed by atoms with Crippen LogP contribution >= 0.6 is 7.75 Å². The van der Waals surface area contributed by atoms with Gasteiger partial charge in [-0.25, -0.2) is 19.7 Å². The molecule has 0 saturated carbocycles. The number of ether oxygens (including phenoxy) is 2. The van der Waals surface area contributed by atoms with Gasteiger partial charge in [-0.1, -0.05) is 0 Å². The van der Waals surface area contributed by atoms with Gasteiger partial charge in [-0.05, 0) is 19.3 Å². The molecule has 3 rings (SSSR count). The highest BCUT2D eigenvalue weighted by atomic mass is 31.2. The molecule has 1 aliphatic rings. The number of esters is 1. The van der Waals surface area contributed by atoms with Crippen molar-refractivity contribution in [2.45, 2.75) is 56.8 Å². The molecule has 200 valence electrons. The van der Waals surface area contributed by atoms with Gasteiger partial charge < -0.3 is 40.2 Å². The van der Waals surface area contributed by atoms with Crippen LogP contribution in [-0.2, 0) is 28.2 Å². The molecule has 0 spiro atoms. The smallest absolute Gasteiger partial charge is 0.328 e. The van der Waals surface area contributed by atoms with E-state index in [1.165, 1.54) is 31.3 Å². The molecule has 0 radical (unpaired) electrons. The summed E-state index contributed by atoms with van der Waals surface area (Å²) in [6.45, 7) is 0.728. The summed E-state index contributed by atoms with van der Waals surface area (Å²) in [7, 11) is -3.31. The lowest BCUT2D eigenvalue weighted by molar-refractivity contribution is -0.205. The van der Waals surface area contributed by atoms with Crippen LogP contribution in [0.5, 0.6) is 0 Å². The van der Waals surface area contributed by atoms with Crippen molar-refractivity contribution in [3.8, 4) is 0 Å². The first-order chi connectivity index (χ1) is 17.0. The lowest BCUT2D eigenvalue weighted by Gasteiger charge is -2.26. The fraction of sp³-hybridized carbons (Fsp3) is 0.632. The SMILES string of the molecule is COC(=O)[C@H](CCCCNP(=O)([O-])OC[C@H]1O[C@@H](n2cnc3c(N)ncnc32)[C@H](O)[C@@H]1O)NC(C)=O. The summed E-state index contributed by atoms with van der Waals surface area (Å²) in [5, 5.41) is 25.5. The van der Waals surface area contributed by atoms with Gasteiger partial charge in [-0.3, -0.25) is 19.0 Å². The van der Waals surface area contributed by atoms with E-state index in [-0.39, 0.29) is 35.9 Å². The predicted octanol–water partition coefficient (Wildman–Crippen LogP) is -2.05. The second kappa shape index (κ2) is 12.0. The Morgan fingerprint density at radius 1 is 1.31 bits per heavy atom. The van der Waals surface area contributed by atoms with Gasteiger partial charge in [0.1, 0.15) is 36.2 Å². The molecular formula is C19H29N7O9P-. The number of unbranched alkanes of at least 4 members (excludes halogenated alkanes) is 1. The zero-order valence-electron chi connectivity index (χ0n) is 19.6. The first-order valence-corrected chi connectivity index (χ1v) is 12.6. The van der Waals surface area contributed by atoms with E-state index in [0.29, 0.717) is 12.8 Å². The third kappa shape index (κ3) is 6.73. The third-order valence-corrected chi connectivity index (χ3v) is 6.60. The van der Waals surface area contributed by atoms with Gasteiger partial charge in [0.25, 0.3) is 0 Å². The van der Waals surface area contributed by atoms with Crippen molar-refractivity contribution in [2.24, 2.45) is 0 Å². The number of nitrogens with one attached hydrogen (secondary N) is 2. The number of imidazole rings is 1. The molecule has 2 aromatic heterocycles. The largest absolute Gasteiger partial charge is 0.766 e. The van der Waals surface area contributed by atoms with Crippen LogP contribution in [0.3, 0.4) is 0 Å². The van der Waals surface area contributed by atoms with E-state index in [4.69, 9.17) is 15.0 Å². The van der Waals surface area contributed by atoms with Gasteiger partial charge in [-0.15, -0.1) is 0 Å². The molecule has 1 amide bonds. The van der Waals surface area contributed by atoms with E-state index in [2.05, 4.69) is 30.1 Å². The average Bonchev–Trinajstić information content (AvgIpc) is 3.38. The highest BCUT2D eigenvalue weighted by molar-refractivity contribution is 7.49. The molecule has 3 heterocycles. The first kappa shape index (κ1) is 27.9. The van der Waals surface area contributed by atoms with Gasteiger partial charge in [0, 0.05) is 13.5 Å². The molecule has 6 N–H and O–H groups in total. The van der Waals surface area contributed by atoms with Crippen LogP contribution in [0.2, 0.25) is 0 Å². The maximum Gasteiger partial charge on any atom is 0.328 e. The number of aliphatic hydroxyl groups excluding tert-OH is 2. The molecule has 1 aliphatic heterocycles. The Hall–Kier alpha value is -2.72. The number of aromatic nitrogens is 4. The summed E-state index contributed by atoms with van der Waals surface area (Å²) in [5.41, 5.74) is 6.31. The molecule has 36 heavy (non-hydrogen) atoms. The minimum atomic E-state index is -4.52. The van der Waals surface area contributed by atoms with Crippen molar-refractivity contribution in [2.75, 3.05) is 26.0 Å². The number of fused-ring (bicyclic) bond motifs is 1. The highest BCUT2D eigenvalue weighted by Gasteiger charge is 2.44. The van der Waals surface area contributed by atoms with Crippen molar-refractivity contribution in [3.63, 3.8) is 0 Å².